The van der Waals surface area contributed by atoms with E-state index in [0.717, 1.165) is 21.6 Å². The molecule has 3 rings (SSSR count). The lowest BCUT2D eigenvalue weighted by Gasteiger charge is -2.04. The molecule has 0 bridgehead atoms. The van der Waals surface area contributed by atoms with Crippen LogP contribution in [0.1, 0.15) is 19.3 Å². The maximum atomic E-state index is 10.6. The van der Waals surface area contributed by atoms with Gasteiger partial charge in [0.1, 0.15) is 5.75 Å². The molecule has 122 valence electrons. The number of benzene rings is 1. The minimum Gasteiger partial charge on any atom is -0.494 e. The van der Waals surface area contributed by atoms with E-state index in [4.69, 9.17) is 4.74 Å². The molecule has 1 N–H and O–H groups in total. The third-order valence-electron chi connectivity index (χ3n) is 3.14. The van der Waals surface area contributed by atoms with Crippen molar-refractivity contribution in [2.75, 3.05) is 17.7 Å². The summed E-state index contributed by atoms with van der Waals surface area (Å²) in [6.07, 6.45) is 3.32. The van der Waals surface area contributed by atoms with E-state index in [1.54, 1.807) is 35.2 Å². The van der Waals surface area contributed by atoms with Crippen molar-refractivity contribution in [3.8, 4) is 5.75 Å². The van der Waals surface area contributed by atoms with Crippen LogP contribution in [0.15, 0.2) is 28.6 Å². The molecule has 1 fully saturated rings. The van der Waals surface area contributed by atoms with Crippen molar-refractivity contribution in [1.29, 1.82) is 0 Å². The molecule has 0 saturated heterocycles. The van der Waals surface area contributed by atoms with E-state index in [1.165, 1.54) is 25.0 Å². The second-order valence-corrected chi connectivity index (χ2v) is 7.41. The fourth-order valence-corrected chi connectivity index (χ4v) is 3.61. The monoisotopic (exact) mass is 352 g/mol. The normalized spacial score (nSPS) is 13.7. The van der Waals surface area contributed by atoms with Crippen molar-refractivity contribution in [2.24, 2.45) is 0 Å². The zero-order valence-corrected chi connectivity index (χ0v) is 13.9. The van der Waals surface area contributed by atoms with Gasteiger partial charge in [0.15, 0.2) is 4.34 Å². The van der Waals surface area contributed by atoms with E-state index in [2.05, 4.69) is 15.5 Å². The topological polar surface area (TPSA) is 90.2 Å². The van der Waals surface area contributed by atoms with Crippen LogP contribution in [0.25, 0.3) is 0 Å². The molecular formula is C14H16N4O3S2. The largest absolute Gasteiger partial charge is 0.494 e. The van der Waals surface area contributed by atoms with Crippen LogP contribution in [0.3, 0.4) is 0 Å². The average molecular weight is 352 g/mol. The first-order valence-corrected chi connectivity index (χ1v) is 9.11. The van der Waals surface area contributed by atoms with Gasteiger partial charge in [-0.1, -0.05) is 23.1 Å². The minimum atomic E-state index is -0.422. The summed E-state index contributed by atoms with van der Waals surface area (Å²) >= 11 is 3.25. The number of nitro groups is 1. The molecular weight excluding hydrogens is 336 g/mol. The molecule has 9 heteroatoms. The van der Waals surface area contributed by atoms with Crippen LogP contribution in [-0.2, 0) is 0 Å². The highest BCUT2D eigenvalue weighted by Crippen LogP contribution is 2.30. The molecule has 1 aliphatic rings. The number of nitrogens with zero attached hydrogens (tertiary/aromatic N) is 3. The predicted molar refractivity (Wildman–Crippen MR) is 90.5 cm³/mol. The molecule has 1 aromatic carbocycles. The fourth-order valence-electron chi connectivity index (χ4n) is 1.80. The van der Waals surface area contributed by atoms with E-state index in [9.17, 15) is 10.1 Å². The molecule has 1 saturated carbocycles. The third kappa shape index (κ3) is 5.07. The zero-order chi connectivity index (χ0) is 16.1. The summed E-state index contributed by atoms with van der Waals surface area (Å²) < 4.78 is 6.53. The number of rotatable bonds is 9. The standard InChI is InChI=1S/C14H16N4O3S2/c19-18(20)11-4-6-12(7-5-11)21-8-1-9-22-14-17-16-13(23-14)15-10-2-3-10/h4-7,10H,1-3,8-9H2,(H,15,16). The molecule has 1 heterocycles. The first kappa shape index (κ1) is 16.0. The van der Waals surface area contributed by atoms with Crippen LogP contribution in [0.2, 0.25) is 0 Å². The summed E-state index contributed by atoms with van der Waals surface area (Å²) in [5.41, 5.74) is 0.0692. The predicted octanol–water partition coefficient (Wildman–Crippen LogP) is 3.58. The molecule has 23 heavy (non-hydrogen) atoms. The van der Waals surface area contributed by atoms with Crippen LogP contribution in [0.5, 0.6) is 5.75 Å². The van der Waals surface area contributed by atoms with Crippen molar-refractivity contribution >= 4 is 33.9 Å². The Morgan fingerprint density at radius 3 is 2.83 bits per heavy atom. The number of nitro benzene ring substituents is 1. The lowest BCUT2D eigenvalue weighted by Crippen LogP contribution is -1.99. The Morgan fingerprint density at radius 2 is 2.13 bits per heavy atom. The summed E-state index contributed by atoms with van der Waals surface area (Å²) in [6.45, 7) is 0.566. The summed E-state index contributed by atoms with van der Waals surface area (Å²) in [6, 6.07) is 6.72. The van der Waals surface area contributed by atoms with Crippen LogP contribution < -0.4 is 10.1 Å². The lowest BCUT2D eigenvalue weighted by molar-refractivity contribution is -0.384. The number of aromatic nitrogens is 2. The molecule has 7 nitrogen and oxygen atoms in total. The highest BCUT2D eigenvalue weighted by atomic mass is 32.2. The van der Waals surface area contributed by atoms with E-state index in [0.29, 0.717) is 18.4 Å². The Balaban J connectivity index is 1.33. The molecule has 2 aromatic rings. The van der Waals surface area contributed by atoms with Gasteiger partial charge in [-0.3, -0.25) is 10.1 Å². The molecule has 0 unspecified atom stereocenters. The average Bonchev–Trinajstić information content (AvgIpc) is 3.25. The molecule has 1 aromatic heterocycles. The highest BCUT2D eigenvalue weighted by molar-refractivity contribution is 8.01. The van der Waals surface area contributed by atoms with Crippen LogP contribution in [0, 0.1) is 10.1 Å². The van der Waals surface area contributed by atoms with E-state index in [-0.39, 0.29) is 5.69 Å². The molecule has 0 radical (unpaired) electrons. The van der Waals surface area contributed by atoms with Gasteiger partial charge in [-0.15, -0.1) is 10.2 Å². The third-order valence-corrected chi connectivity index (χ3v) is 5.22. The van der Waals surface area contributed by atoms with Gasteiger partial charge in [-0.25, -0.2) is 0 Å². The second-order valence-electron chi connectivity index (χ2n) is 5.09. The van der Waals surface area contributed by atoms with Gasteiger partial charge in [-0.05, 0) is 31.4 Å². The van der Waals surface area contributed by atoms with Gasteiger partial charge < -0.3 is 10.1 Å². The maximum Gasteiger partial charge on any atom is 0.269 e. The summed E-state index contributed by atoms with van der Waals surface area (Å²) in [5.74, 6) is 1.54. The van der Waals surface area contributed by atoms with E-state index < -0.39 is 4.92 Å². The minimum absolute atomic E-state index is 0.0692. The van der Waals surface area contributed by atoms with Crippen molar-refractivity contribution < 1.29 is 9.66 Å². The van der Waals surface area contributed by atoms with Crippen molar-refractivity contribution in [3.05, 3.63) is 34.4 Å². The smallest absolute Gasteiger partial charge is 0.269 e. The van der Waals surface area contributed by atoms with Gasteiger partial charge in [0.05, 0.1) is 11.5 Å². The Hall–Kier alpha value is -1.87. The van der Waals surface area contributed by atoms with Gasteiger partial charge in [0.25, 0.3) is 5.69 Å². The maximum absolute atomic E-state index is 10.6. The van der Waals surface area contributed by atoms with Crippen LogP contribution in [0.4, 0.5) is 10.8 Å². The SMILES string of the molecule is O=[N+]([O-])c1ccc(OCCCSc2nnc(NC3CC3)s2)cc1. The quantitative estimate of drug-likeness (QED) is 0.319. The summed E-state index contributed by atoms with van der Waals surface area (Å²) in [4.78, 5) is 10.1. The number of ether oxygens (including phenoxy) is 1. The Bertz CT molecular complexity index is 658. The Kier molecular flexibility index (Phi) is 5.29. The molecule has 0 amide bonds. The fraction of sp³-hybridized carbons (Fsp3) is 0.429. The Morgan fingerprint density at radius 1 is 1.35 bits per heavy atom. The van der Waals surface area contributed by atoms with Gasteiger partial charge in [-0.2, -0.15) is 0 Å². The first-order chi connectivity index (χ1) is 11.2. The van der Waals surface area contributed by atoms with E-state index >= 15 is 0 Å². The van der Waals surface area contributed by atoms with Gasteiger partial charge >= 0.3 is 0 Å². The number of non-ortho nitro benzene ring substituents is 1. The van der Waals surface area contributed by atoms with E-state index in [1.807, 2.05) is 0 Å². The number of hydrogen-bond acceptors (Lipinski definition) is 8. The molecule has 0 spiro atoms. The molecule has 0 atom stereocenters. The zero-order valence-electron chi connectivity index (χ0n) is 12.3. The van der Waals surface area contributed by atoms with Crippen molar-refractivity contribution in [1.82, 2.24) is 10.2 Å². The number of nitrogens with one attached hydrogen (secondary N) is 1. The van der Waals surface area contributed by atoms with Gasteiger partial charge in [0, 0.05) is 23.9 Å². The van der Waals surface area contributed by atoms with Crippen LogP contribution >= 0.6 is 23.1 Å². The molecule has 0 aliphatic heterocycles. The second kappa shape index (κ2) is 7.60. The highest BCUT2D eigenvalue weighted by Gasteiger charge is 2.22. The Labute approximate surface area is 141 Å². The summed E-state index contributed by atoms with van der Waals surface area (Å²) in [5, 5.41) is 23.0. The van der Waals surface area contributed by atoms with Gasteiger partial charge in [0.2, 0.25) is 5.13 Å². The lowest BCUT2D eigenvalue weighted by atomic mass is 10.3. The summed E-state index contributed by atoms with van der Waals surface area (Å²) in [7, 11) is 0. The number of hydrogen-bond donors (Lipinski definition) is 1. The molecule has 1 aliphatic carbocycles. The number of anilines is 1. The van der Waals surface area contributed by atoms with Crippen LogP contribution in [-0.4, -0.2) is 33.5 Å². The number of thioether (sulfide) groups is 1. The first-order valence-electron chi connectivity index (χ1n) is 7.31. The van der Waals surface area contributed by atoms with Crippen molar-refractivity contribution in [3.63, 3.8) is 0 Å². The van der Waals surface area contributed by atoms with Crippen molar-refractivity contribution in [2.45, 2.75) is 29.6 Å².